The Morgan fingerprint density at radius 2 is 1.30 bits per heavy atom. The number of hydrogen-bond acceptors (Lipinski definition) is 2. The quantitative estimate of drug-likeness (QED) is 0.838. The Morgan fingerprint density at radius 3 is 1.70 bits per heavy atom. The molecule has 20 heavy (non-hydrogen) atoms. The maximum Gasteiger partial charge on any atom is 0.136 e. The Kier molecular flexibility index (Phi) is 5.71. The first kappa shape index (κ1) is 14.7. The third-order valence-corrected chi connectivity index (χ3v) is 3.15. The number of alkyl halides is 1. The summed E-state index contributed by atoms with van der Waals surface area (Å²) < 4.78 is 13.5. The van der Waals surface area contributed by atoms with Gasteiger partial charge in [0.05, 0.1) is 6.61 Å². The number of aliphatic hydroxyl groups excluding tert-OH is 1. The number of benzene rings is 2. The molecule has 0 saturated heterocycles. The lowest BCUT2D eigenvalue weighted by atomic mass is 10.1. The fourth-order valence-electron chi connectivity index (χ4n) is 2.21. The first-order chi connectivity index (χ1) is 9.78. The molecule has 2 rings (SSSR count). The number of hydrogen-bond donors (Lipinski definition) is 1. The monoisotopic (exact) mass is 273 g/mol. The Balaban J connectivity index is 2.04. The van der Waals surface area contributed by atoms with Crippen LogP contribution in [0.25, 0.3) is 0 Å². The second kappa shape index (κ2) is 7.78. The van der Waals surface area contributed by atoms with E-state index in [1.165, 1.54) is 0 Å². The van der Waals surface area contributed by atoms with Crippen LogP contribution in [0.1, 0.15) is 11.1 Å². The molecule has 0 aromatic heterocycles. The molecule has 0 aliphatic rings. The van der Waals surface area contributed by atoms with Crippen molar-refractivity contribution >= 4 is 0 Å². The summed E-state index contributed by atoms with van der Waals surface area (Å²) in [6.45, 7) is 1.16. The molecule has 1 N–H and O–H groups in total. The van der Waals surface area contributed by atoms with Gasteiger partial charge in [0.2, 0.25) is 0 Å². The van der Waals surface area contributed by atoms with Crippen molar-refractivity contribution in [3.8, 4) is 0 Å². The van der Waals surface area contributed by atoms with E-state index in [1.807, 2.05) is 65.6 Å². The number of rotatable bonds is 7. The largest absolute Gasteiger partial charge is 0.393 e. The molecule has 0 saturated carbocycles. The van der Waals surface area contributed by atoms with E-state index >= 15 is 0 Å². The molecule has 2 aromatic carbocycles. The van der Waals surface area contributed by atoms with Gasteiger partial charge < -0.3 is 5.11 Å². The summed E-state index contributed by atoms with van der Waals surface area (Å²) in [5.74, 6) is 0. The lowest BCUT2D eigenvalue weighted by Crippen LogP contribution is -2.31. The maximum atomic E-state index is 13.5. The Hall–Kier alpha value is -1.71. The van der Waals surface area contributed by atoms with E-state index < -0.39 is 12.8 Å². The van der Waals surface area contributed by atoms with Crippen LogP contribution in [-0.4, -0.2) is 29.3 Å². The third-order valence-electron chi connectivity index (χ3n) is 3.15. The molecule has 0 amide bonds. The van der Waals surface area contributed by atoms with Gasteiger partial charge in [-0.1, -0.05) is 60.7 Å². The van der Waals surface area contributed by atoms with Crippen molar-refractivity contribution in [2.24, 2.45) is 0 Å². The Bertz CT molecular complexity index is 447. The highest BCUT2D eigenvalue weighted by atomic mass is 19.1. The molecule has 0 unspecified atom stereocenters. The lowest BCUT2D eigenvalue weighted by Gasteiger charge is -2.23. The zero-order valence-corrected chi connectivity index (χ0v) is 11.5. The number of aliphatic hydroxyl groups is 1. The molecule has 0 bridgehead atoms. The second-order valence-corrected chi connectivity index (χ2v) is 4.92. The zero-order chi connectivity index (χ0) is 14.2. The van der Waals surface area contributed by atoms with Gasteiger partial charge in [0, 0.05) is 19.6 Å². The van der Waals surface area contributed by atoms with E-state index in [-0.39, 0.29) is 6.54 Å². The Morgan fingerprint density at radius 1 is 0.850 bits per heavy atom. The summed E-state index contributed by atoms with van der Waals surface area (Å²) in [6.07, 6.45) is -1.21. The number of nitrogens with zero attached hydrogens (tertiary/aromatic N) is 1. The second-order valence-electron chi connectivity index (χ2n) is 4.92. The van der Waals surface area contributed by atoms with E-state index in [4.69, 9.17) is 5.11 Å². The van der Waals surface area contributed by atoms with Crippen molar-refractivity contribution < 1.29 is 9.50 Å². The molecular formula is C17H20FNO. The number of halogens is 1. The molecule has 106 valence electrons. The van der Waals surface area contributed by atoms with Crippen LogP contribution in [0.3, 0.4) is 0 Å². The van der Waals surface area contributed by atoms with Gasteiger partial charge in [-0.05, 0) is 11.1 Å². The SMILES string of the molecule is OC[C@@H](F)CN(Cc1ccccc1)Cc1ccccc1. The normalized spacial score (nSPS) is 12.6. The fraction of sp³-hybridized carbons (Fsp3) is 0.294. The topological polar surface area (TPSA) is 23.5 Å². The minimum Gasteiger partial charge on any atom is -0.393 e. The highest BCUT2D eigenvalue weighted by Crippen LogP contribution is 2.11. The first-order valence-electron chi connectivity index (χ1n) is 6.83. The van der Waals surface area contributed by atoms with E-state index in [9.17, 15) is 4.39 Å². The average Bonchev–Trinajstić information content (AvgIpc) is 2.49. The van der Waals surface area contributed by atoms with Crippen LogP contribution < -0.4 is 0 Å². The minimum atomic E-state index is -1.21. The molecule has 2 aromatic rings. The van der Waals surface area contributed by atoms with Crippen LogP contribution in [-0.2, 0) is 13.1 Å². The van der Waals surface area contributed by atoms with Gasteiger partial charge in [-0.3, -0.25) is 4.90 Å². The molecular weight excluding hydrogens is 253 g/mol. The average molecular weight is 273 g/mol. The molecule has 0 heterocycles. The van der Waals surface area contributed by atoms with E-state index in [1.54, 1.807) is 0 Å². The van der Waals surface area contributed by atoms with E-state index in [0.717, 1.165) is 11.1 Å². The summed E-state index contributed by atoms with van der Waals surface area (Å²) in [5.41, 5.74) is 2.29. The van der Waals surface area contributed by atoms with Gasteiger partial charge in [0.25, 0.3) is 0 Å². The van der Waals surface area contributed by atoms with Crippen LogP contribution in [0.5, 0.6) is 0 Å². The molecule has 1 atom stereocenters. The predicted molar refractivity (Wildman–Crippen MR) is 79.0 cm³/mol. The molecule has 0 aliphatic heterocycles. The van der Waals surface area contributed by atoms with Crippen LogP contribution in [0.2, 0.25) is 0 Å². The molecule has 2 nitrogen and oxygen atoms in total. The van der Waals surface area contributed by atoms with Crippen LogP contribution in [0, 0.1) is 0 Å². The van der Waals surface area contributed by atoms with Crippen molar-refractivity contribution in [1.82, 2.24) is 4.90 Å². The summed E-state index contributed by atoms with van der Waals surface area (Å²) in [5, 5.41) is 8.91. The zero-order valence-electron chi connectivity index (χ0n) is 11.5. The smallest absolute Gasteiger partial charge is 0.136 e. The van der Waals surface area contributed by atoms with Crippen LogP contribution in [0.15, 0.2) is 60.7 Å². The van der Waals surface area contributed by atoms with E-state index in [0.29, 0.717) is 13.1 Å². The molecule has 3 heteroatoms. The summed E-state index contributed by atoms with van der Waals surface area (Å²) in [7, 11) is 0. The van der Waals surface area contributed by atoms with Gasteiger partial charge >= 0.3 is 0 Å². The third kappa shape index (κ3) is 4.76. The molecule has 0 aliphatic carbocycles. The maximum absolute atomic E-state index is 13.5. The van der Waals surface area contributed by atoms with Crippen molar-refractivity contribution in [1.29, 1.82) is 0 Å². The minimum absolute atomic E-state index is 0.236. The van der Waals surface area contributed by atoms with Crippen LogP contribution >= 0.6 is 0 Å². The van der Waals surface area contributed by atoms with Crippen molar-refractivity contribution in [3.63, 3.8) is 0 Å². The molecule has 0 spiro atoms. The van der Waals surface area contributed by atoms with Gasteiger partial charge in [-0.25, -0.2) is 4.39 Å². The van der Waals surface area contributed by atoms with Crippen molar-refractivity contribution in [2.75, 3.05) is 13.2 Å². The summed E-state index contributed by atoms with van der Waals surface area (Å²) >= 11 is 0. The fourth-order valence-corrected chi connectivity index (χ4v) is 2.21. The van der Waals surface area contributed by atoms with Crippen LogP contribution in [0.4, 0.5) is 4.39 Å². The highest BCUT2D eigenvalue weighted by molar-refractivity contribution is 5.17. The van der Waals surface area contributed by atoms with E-state index in [2.05, 4.69) is 0 Å². The highest BCUT2D eigenvalue weighted by Gasteiger charge is 2.13. The van der Waals surface area contributed by atoms with Gasteiger partial charge in [-0.2, -0.15) is 0 Å². The predicted octanol–water partition coefficient (Wildman–Crippen LogP) is 3.02. The van der Waals surface area contributed by atoms with Crippen molar-refractivity contribution in [2.45, 2.75) is 19.3 Å². The Labute approximate surface area is 119 Å². The van der Waals surface area contributed by atoms with Gasteiger partial charge in [0.15, 0.2) is 0 Å². The summed E-state index contributed by atoms with van der Waals surface area (Å²) in [4.78, 5) is 2.02. The standard InChI is InChI=1S/C17H20FNO/c18-17(14-20)13-19(11-15-7-3-1-4-8-15)12-16-9-5-2-6-10-16/h1-10,17,20H,11-14H2/t17-/m0/s1. The lowest BCUT2D eigenvalue weighted by molar-refractivity contribution is 0.119. The summed E-state index contributed by atoms with van der Waals surface area (Å²) in [6, 6.07) is 20.0. The molecule has 0 radical (unpaired) electrons. The molecule has 0 fully saturated rings. The first-order valence-corrected chi connectivity index (χ1v) is 6.83. The van der Waals surface area contributed by atoms with Gasteiger partial charge in [0.1, 0.15) is 6.17 Å². The van der Waals surface area contributed by atoms with Gasteiger partial charge in [-0.15, -0.1) is 0 Å². The van der Waals surface area contributed by atoms with Crippen molar-refractivity contribution in [3.05, 3.63) is 71.8 Å².